The van der Waals surface area contributed by atoms with Crippen molar-refractivity contribution < 1.29 is 146 Å². The molecule has 28 heteroatoms. The summed E-state index contributed by atoms with van der Waals surface area (Å²) in [5.74, 6) is -62.5. The molecule has 0 radical (unpaired) electrons. The molecule has 50 heavy (non-hydrogen) atoms. The number of hydrogen-bond acceptors (Lipinski definition) is 9. The number of ether oxygens (including phenoxy) is 4. The Balaban J connectivity index is 0. The smallest absolute Gasteiger partial charge is 0.747 e. The molecule has 0 saturated heterocycles. The van der Waals surface area contributed by atoms with Gasteiger partial charge in [0.25, 0.3) is 0 Å². The fourth-order valence-electron chi connectivity index (χ4n) is 3.02. The maximum absolute atomic E-state index is 13.9. The van der Waals surface area contributed by atoms with E-state index in [0.29, 0.717) is 6.61 Å². The molecule has 0 aliphatic rings. The summed E-state index contributed by atoms with van der Waals surface area (Å²) in [6.07, 6.45) is -11.4. The minimum Gasteiger partial charge on any atom is -0.747 e. The van der Waals surface area contributed by atoms with Crippen LogP contribution in [0.2, 0.25) is 0 Å². The van der Waals surface area contributed by atoms with Crippen LogP contribution in [0.3, 0.4) is 0 Å². The number of carbonyl (C=O) groups is 2. The van der Waals surface area contributed by atoms with Gasteiger partial charge in [-0.3, -0.25) is 9.59 Å². The number of carbonyl (C=O) groups excluding carboxylic acids is 2. The van der Waals surface area contributed by atoms with Gasteiger partial charge in [0.05, 0.1) is 39.3 Å². The molecule has 0 aromatic carbocycles. The minimum atomic E-state index is -8.84. The van der Waals surface area contributed by atoms with E-state index in [4.69, 9.17) is 9.47 Å². The zero-order valence-electron chi connectivity index (χ0n) is 25.2. The van der Waals surface area contributed by atoms with E-state index in [0.717, 1.165) is 12.8 Å². The summed E-state index contributed by atoms with van der Waals surface area (Å²) in [6, 6.07) is 0. The molecule has 0 amide bonds. The van der Waals surface area contributed by atoms with E-state index in [1.165, 1.54) is 0 Å². The van der Waals surface area contributed by atoms with Gasteiger partial charge in [-0.15, -0.1) is 0 Å². The van der Waals surface area contributed by atoms with Crippen molar-refractivity contribution in [2.45, 2.75) is 85.5 Å². The quantitative estimate of drug-likeness (QED) is 0.0534. The molecule has 0 rings (SSSR count). The predicted molar refractivity (Wildman–Crippen MR) is 122 cm³/mol. The monoisotopic (exact) mass is 810 g/mol. The molecule has 0 heterocycles. The third kappa shape index (κ3) is 11.1. The van der Waals surface area contributed by atoms with Crippen molar-refractivity contribution in [2.24, 2.45) is 0 Å². The molecule has 0 saturated carbocycles. The third-order valence-electron chi connectivity index (χ3n) is 5.92. The molecular weight excluding hydrogens is 786 g/mol. The minimum absolute atomic E-state index is 0. The van der Waals surface area contributed by atoms with Gasteiger partial charge < -0.3 is 23.5 Å². The Kier molecular flexibility index (Phi) is 18.3. The molecule has 0 spiro atoms. The van der Waals surface area contributed by atoms with E-state index < -0.39 is 101 Å². The van der Waals surface area contributed by atoms with E-state index in [-0.39, 0.29) is 49.4 Å². The van der Waals surface area contributed by atoms with Crippen LogP contribution < -0.4 is 29.6 Å². The molecule has 0 aliphatic heterocycles. The van der Waals surface area contributed by atoms with Gasteiger partial charge in [-0.1, -0.05) is 13.3 Å². The fraction of sp³-hybridized carbons (Fsp3) is 0.909. The molecule has 1 unspecified atom stereocenters. The molecule has 1 atom stereocenters. The summed E-state index contributed by atoms with van der Waals surface area (Å²) in [5.41, 5.74) is 0. The Labute approximate surface area is 292 Å². The number of unbranched alkanes of at least 4 members (excludes halogenated alkanes) is 1. The van der Waals surface area contributed by atoms with Crippen molar-refractivity contribution in [3.63, 3.8) is 0 Å². The van der Waals surface area contributed by atoms with E-state index in [9.17, 15) is 97.2 Å². The van der Waals surface area contributed by atoms with E-state index in [2.05, 4.69) is 9.47 Å². The predicted octanol–water partition coefficient (Wildman–Crippen LogP) is 2.61. The van der Waals surface area contributed by atoms with Crippen LogP contribution in [0.5, 0.6) is 0 Å². The summed E-state index contributed by atoms with van der Waals surface area (Å²) in [7, 11) is -6.02. The molecule has 0 fully saturated rings. The number of halogens is 17. The Morgan fingerprint density at radius 2 is 1.00 bits per heavy atom. The van der Waals surface area contributed by atoms with E-state index in [1.807, 2.05) is 6.92 Å². The zero-order valence-corrected chi connectivity index (χ0v) is 28.0. The molecular formula is C22H24F17NaO9S. The van der Waals surface area contributed by atoms with Crippen molar-refractivity contribution in [3.05, 3.63) is 0 Å². The summed E-state index contributed by atoms with van der Waals surface area (Å²) in [5, 5.41) is -3.23. The Morgan fingerprint density at radius 1 is 0.600 bits per heavy atom. The van der Waals surface area contributed by atoms with Crippen LogP contribution in [0.15, 0.2) is 0 Å². The summed E-state index contributed by atoms with van der Waals surface area (Å²) < 4.78 is 278. The molecule has 0 aromatic rings. The first-order valence-corrected chi connectivity index (χ1v) is 14.3. The fourth-order valence-corrected chi connectivity index (χ4v) is 3.67. The van der Waals surface area contributed by atoms with Crippen molar-refractivity contribution in [1.29, 1.82) is 0 Å². The third-order valence-corrected chi connectivity index (χ3v) is 6.97. The number of rotatable bonds is 22. The average Bonchev–Trinajstić information content (AvgIpc) is 2.92. The van der Waals surface area contributed by atoms with Gasteiger partial charge in [0, 0.05) is 6.61 Å². The van der Waals surface area contributed by atoms with Gasteiger partial charge in [0.1, 0.15) is 16.7 Å². The van der Waals surface area contributed by atoms with Gasteiger partial charge in [-0.25, -0.2) is 8.42 Å². The number of esters is 2. The molecule has 292 valence electrons. The van der Waals surface area contributed by atoms with Gasteiger partial charge in [0.15, 0.2) is 5.25 Å². The van der Waals surface area contributed by atoms with Gasteiger partial charge in [0.2, 0.25) is 0 Å². The molecule has 9 nitrogen and oxygen atoms in total. The van der Waals surface area contributed by atoms with Crippen LogP contribution in [-0.4, -0.2) is 117 Å². The van der Waals surface area contributed by atoms with Gasteiger partial charge in [-0.05, 0) is 6.42 Å². The van der Waals surface area contributed by atoms with Crippen molar-refractivity contribution in [2.75, 3.05) is 39.6 Å². The second-order valence-electron chi connectivity index (χ2n) is 9.55. The van der Waals surface area contributed by atoms with Crippen LogP contribution in [-0.2, 0) is 38.7 Å². The molecule has 0 aliphatic carbocycles. The van der Waals surface area contributed by atoms with E-state index in [1.54, 1.807) is 0 Å². The zero-order chi connectivity index (χ0) is 39.1. The van der Waals surface area contributed by atoms with Crippen molar-refractivity contribution in [1.82, 2.24) is 0 Å². The van der Waals surface area contributed by atoms with Crippen LogP contribution >= 0.6 is 0 Å². The maximum Gasteiger partial charge on any atom is 1.00 e. The topological polar surface area (TPSA) is 128 Å². The first-order valence-electron chi connectivity index (χ1n) is 12.9. The average molecular weight is 810 g/mol. The second-order valence-corrected chi connectivity index (χ2v) is 11.1. The van der Waals surface area contributed by atoms with Gasteiger partial charge in [-0.2, -0.15) is 74.6 Å². The summed E-state index contributed by atoms with van der Waals surface area (Å²) in [4.78, 5) is 23.6. The Bertz CT molecular complexity index is 1210. The summed E-state index contributed by atoms with van der Waals surface area (Å²) >= 11 is 0. The summed E-state index contributed by atoms with van der Waals surface area (Å²) in [6.45, 7) is -1.19. The Morgan fingerprint density at radius 3 is 1.42 bits per heavy atom. The van der Waals surface area contributed by atoms with Crippen LogP contribution in [0.1, 0.15) is 32.6 Å². The number of alkyl halides is 17. The van der Waals surface area contributed by atoms with Crippen molar-refractivity contribution in [3.8, 4) is 0 Å². The SMILES string of the molecule is CCCCOCCOCCOC(=O)CC(C(=O)OCCC(F)(F)C(F)(F)C(F)(F)C(F)(F)C(F)(F)C(F)(F)C(F)(F)C(F)(F)F)S(=O)(=O)[O-].[Na+]. The molecule has 0 aromatic heterocycles. The first kappa shape index (κ1) is 50.7. The normalized spacial score (nSPS) is 14.9. The van der Waals surface area contributed by atoms with Crippen LogP contribution in [0, 0.1) is 0 Å². The van der Waals surface area contributed by atoms with Crippen molar-refractivity contribution >= 4 is 22.1 Å². The molecule has 0 N–H and O–H groups in total. The van der Waals surface area contributed by atoms with Gasteiger partial charge >= 0.3 is 89.1 Å². The number of hydrogen-bond donors (Lipinski definition) is 0. The largest absolute Gasteiger partial charge is 1.00 e. The van der Waals surface area contributed by atoms with Crippen LogP contribution in [0.4, 0.5) is 74.6 Å². The first-order chi connectivity index (χ1) is 21.7. The maximum atomic E-state index is 13.9. The second kappa shape index (κ2) is 18.1. The van der Waals surface area contributed by atoms with E-state index >= 15 is 0 Å². The molecule has 0 bridgehead atoms. The standard InChI is InChI=1S/C22H25F17O9S.Na/c1-2-3-5-45-7-8-46-9-10-47-13(40)11-12(49(42,43)44)14(41)48-6-4-15(23,24)16(25,26)17(27,28)18(29,30)19(31,32)20(33,34)21(35,36)22(37,38)39;/h12H,2-11H2,1H3,(H,42,43,44);/q;+1/p-1. The van der Waals surface area contributed by atoms with Crippen LogP contribution in [0.25, 0.3) is 0 Å². The Hall–Kier alpha value is -1.42.